The Hall–Kier alpha value is -0.470. The molecule has 0 saturated carbocycles. The van der Waals surface area contributed by atoms with Crippen LogP contribution in [0.3, 0.4) is 0 Å². The quantitative estimate of drug-likeness (QED) is 0.187. The van der Waals surface area contributed by atoms with E-state index in [0.29, 0.717) is 6.42 Å². The number of aliphatic carboxylic acids is 2. The van der Waals surface area contributed by atoms with Gasteiger partial charge in [-0.25, -0.2) is 9.59 Å². The van der Waals surface area contributed by atoms with Gasteiger partial charge in [0, 0.05) is 0 Å². The molecule has 2 unspecified atom stereocenters. The molecular weight excluding hydrogens is 327 g/mol. The van der Waals surface area contributed by atoms with Crippen LogP contribution in [0, 0.1) is 0 Å². The summed E-state index contributed by atoms with van der Waals surface area (Å²) in [5.74, 6) is -3.54. The minimum Gasteiger partial charge on any atom is -0.542 e. The molecule has 7 nitrogen and oxygen atoms in total. The first-order valence-electron chi connectivity index (χ1n) is 8.05. The number of carboxylic acid groups (broad SMARTS) is 2. The minimum atomic E-state index is -2.27. The first-order valence-corrected chi connectivity index (χ1v) is 8.05. The number of carbonyl (C=O) groups excluding carboxylic acids is 1. The van der Waals surface area contributed by atoms with Gasteiger partial charge in [0.05, 0.1) is 0 Å². The van der Waals surface area contributed by atoms with E-state index < -0.39 is 24.1 Å². The van der Waals surface area contributed by atoms with Crippen molar-refractivity contribution in [1.29, 1.82) is 0 Å². The van der Waals surface area contributed by atoms with E-state index in [1.807, 2.05) is 6.29 Å². The number of hydrogen-bond donors (Lipinski definition) is 4. The molecule has 0 radical (unpaired) electrons. The SMILES string of the molecule is CCCCCCCCCCC[C-]=O.O=C(O)C(O)C(O)C(=O)O.[Na+]. The fourth-order valence-corrected chi connectivity index (χ4v) is 1.78. The summed E-state index contributed by atoms with van der Waals surface area (Å²) in [6.07, 6.45) is 9.83. The van der Waals surface area contributed by atoms with Crippen molar-refractivity contribution in [2.24, 2.45) is 0 Å². The van der Waals surface area contributed by atoms with Crippen LogP contribution < -0.4 is 29.6 Å². The Kier molecular flexibility index (Phi) is 24.3. The van der Waals surface area contributed by atoms with Gasteiger partial charge in [0.1, 0.15) is 0 Å². The summed E-state index contributed by atoms with van der Waals surface area (Å²) in [5.41, 5.74) is 0. The summed E-state index contributed by atoms with van der Waals surface area (Å²) in [4.78, 5) is 29.4. The van der Waals surface area contributed by atoms with Crippen molar-refractivity contribution in [2.75, 3.05) is 0 Å². The Labute approximate surface area is 165 Å². The Morgan fingerprint density at radius 3 is 1.42 bits per heavy atom. The second-order valence-electron chi connectivity index (χ2n) is 5.29. The maximum Gasteiger partial charge on any atom is 1.00 e. The molecule has 0 heterocycles. The molecule has 0 aromatic heterocycles. The maximum absolute atomic E-state index is 9.89. The fourth-order valence-electron chi connectivity index (χ4n) is 1.78. The molecule has 24 heavy (non-hydrogen) atoms. The number of hydrogen-bond acceptors (Lipinski definition) is 5. The number of unbranched alkanes of at least 4 members (excludes halogenated alkanes) is 9. The number of aliphatic hydroxyl groups excluding tert-OH is 2. The van der Waals surface area contributed by atoms with Gasteiger partial charge in [-0.3, -0.25) is 6.29 Å². The topological polar surface area (TPSA) is 132 Å². The third kappa shape index (κ3) is 19.6. The van der Waals surface area contributed by atoms with Crippen molar-refractivity contribution in [1.82, 2.24) is 0 Å². The monoisotopic (exact) mass is 356 g/mol. The first kappa shape index (κ1) is 28.3. The maximum atomic E-state index is 9.89. The number of carboxylic acids is 2. The zero-order chi connectivity index (χ0) is 18.1. The Morgan fingerprint density at radius 1 is 0.792 bits per heavy atom. The summed E-state index contributed by atoms with van der Waals surface area (Å²) in [5, 5.41) is 32.5. The molecule has 0 amide bonds. The molecule has 0 aliphatic heterocycles. The Morgan fingerprint density at radius 2 is 1.12 bits per heavy atom. The Balaban J connectivity index is -0.000000364. The molecule has 0 spiro atoms. The molecule has 4 N–H and O–H groups in total. The molecule has 136 valence electrons. The van der Waals surface area contributed by atoms with Crippen molar-refractivity contribution in [2.45, 2.75) is 83.3 Å². The van der Waals surface area contributed by atoms with E-state index in [1.165, 1.54) is 51.4 Å². The Bertz CT molecular complexity index is 306. The second-order valence-corrected chi connectivity index (χ2v) is 5.29. The van der Waals surface area contributed by atoms with Crippen molar-refractivity contribution in [3.63, 3.8) is 0 Å². The third-order valence-corrected chi connectivity index (χ3v) is 3.19. The molecule has 0 aromatic rings. The van der Waals surface area contributed by atoms with Gasteiger partial charge in [-0.1, -0.05) is 64.7 Å². The molecule has 0 aliphatic carbocycles. The first-order chi connectivity index (χ1) is 10.9. The van der Waals surface area contributed by atoms with E-state index in [1.54, 1.807) is 0 Å². The van der Waals surface area contributed by atoms with E-state index in [4.69, 9.17) is 20.4 Å². The summed E-state index contributed by atoms with van der Waals surface area (Å²) in [7, 11) is 0. The van der Waals surface area contributed by atoms with Crippen molar-refractivity contribution in [3.05, 3.63) is 0 Å². The molecule has 0 aliphatic rings. The van der Waals surface area contributed by atoms with Crippen LogP contribution >= 0.6 is 0 Å². The summed E-state index contributed by atoms with van der Waals surface area (Å²) >= 11 is 0. The van der Waals surface area contributed by atoms with Crippen LogP contribution in [0.25, 0.3) is 0 Å². The van der Waals surface area contributed by atoms with E-state index in [0.717, 1.165) is 6.42 Å². The minimum absolute atomic E-state index is 0. The number of carbonyl (C=O) groups is 2. The van der Waals surface area contributed by atoms with Gasteiger partial charge >= 0.3 is 41.5 Å². The van der Waals surface area contributed by atoms with Crippen molar-refractivity contribution in [3.8, 4) is 0 Å². The zero-order valence-electron chi connectivity index (χ0n) is 14.7. The van der Waals surface area contributed by atoms with E-state index in [-0.39, 0.29) is 29.6 Å². The predicted molar refractivity (Wildman–Crippen MR) is 84.8 cm³/mol. The number of rotatable bonds is 13. The van der Waals surface area contributed by atoms with E-state index >= 15 is 0 Å². The smallest absolute Gasteiger partial charge is 0.542 e. The van der Waals surface area contributed by atoms with Crippen LogP contribution in [0.5, 0.6) is 0 Å². The summed E-state index contributed by atoms with van der Waals surface area (Å²) in [6, 6.07) is 0. The van der Waals surface area contributed by atoms with Crippen LogP contribution in [0.4, 0.5) is 0 Å². The number of aliphatic hydroxyl groups is 2. The molecule has 2 atom stereocenters. The third-order valence-electron chi connectivity index (χ3n) is 3.19. The normalized spacial score (nSPS) is 12.1. The van der Waals surface area contributed by atoms with Crippen LogP contribution in [0.2, 0.25) is 0 Å². The summed E-state index contributed by atoms with van der Waals surface area (Å²) in [6.45, 7) is 2.25. The second kappa shape index (κ2) is 20.6. The van der Waals surface area contributed by atoms with Gasteiger partial charge < -0.3 is 25.2 Å². The average Bonchev–Trinajstić information content (AvgIpc) is 2.52. The molecule has 0 aromatic carbocycles. The summed E-state index contributed by atoms with van der Waals surface area (Å²) < 4.78 is 0. The standard InChI is InChI=1S/C12H23O.C4H6O6.Na/c1-2-3-4-5-6-7-8-9-10-11-12-13;5-1(3(7)8)2(6)4(9)10;/h2-11H2,1H3;1-2,5-6H,(H,7,8)(H,9,10);/q-1;;+1. The molecular formula is C16H29NaO7. The van der Waals surface area contributed by atoms with Crippen LogP contribution in [-0.4, -0.2) is 50.9 Å². The average molecular weight is 356 g/mol. The fraction of sp³-hybridized carbons (Fsp3) is 0.812. The zero-order valence-corrected chi connectivity index (χ0v) is 16.7. The van der Waals surface area contributed by atoms with Gasteiger partial charge in [0.2, 0.25) is 0 Å². The molecule has 0 bridgehead atoms. The molecule has 8 heteroatoms. The van der Waals surface area contributed by atoms with Crippen LogP contribution in [0.1, 0.15) is 71.1 Å². The van der Waals surface area contributed by atoms with Crippen molar-refractivity contribution >= 4 is 18.2 Å². The largest absolute Gasteiger partial charge is 1.00 e. The van der Waals surface area contributed by atoms with Gasteiger partial charge in [0.15, 0.2) is 12.2 Å². The van der Waals surface area contributed by atoms with Gasteiger partial charge in [-0.2, -0.15) is 6.42 Å². The van der Waals surface area contributed by atoms with Gasteiger partial charge in [-0.05, 0) is 0 Å². The van der Waals surface area contributed by atoms with Crippen LogP contribution in [0.15, 0.2) is 0 Å². The van der Waals surface area contributed by atoms with Gasteiger partial charge in [0.25, 0.3) is 0 Å². The van der Waals surface area contributed by atoms with Crippen LogP contribution in [-0.2, 0) is 14.4 Å². The predicted octanol–water partition coefficient (Wildman–Crippen LogP) is -1.10. The molecule has 0 fully saturated rings. The van der Waals surface area contributed by atoms with E-state index in [9.17, 15) is 14.4 Å². The van der Waals surface area contributed by atoms with E-state index in [2.05, 4.69) is 6.92 Å². The van der Waals surface area contributed by atoms with Crippen molar-refractivity contribution < 1.29 is 64.4 Å². The molecule has 0 saturated heterocycles. The van der Waals surface area contributed by atoms with Gasteiger partial charge in [-0.15, -0.1) is 0 Å². The molecule has 0 rings (SSSR count).